The number of nitrogens with zero attached hydrogens (tertiary/aromatic N) is 1. The van der Waals surface area contributed by atoms with Gasteiger partial charge >= 0.3 is 0 Å². The van der Waals surface area contributed by atoms with Crippen LogP contribution in [0.25, 0.3) is 0 Å². The van der Waals surface area contributed by atoms with Crippen LogP contribution in [0.5, 0.6) is 0 Å². The lowest BCUT2D eigenvalue weighted by atomic mass is 10.1. The molecule has 4 rings (SSSR count). The predicted molar refractivity (Wildman–Crippen MR) is 117 cm³/mol. The lowest BCUT2D eigenvalue weighted by Gasteiger charge is -2.22. The molecule has 0 spiro atoms. The van der Waals surface area contributed by atoms with Gasteiger partial charge in [-0.2, -0.15) is 0 Å². The second kappa shape index (κ2) is 8.03. The summed E-state index contributed by atoms with van der Waals surface area (Å²) in [5.74, 6) is -0.683. The first-order chi connectivity index (χ1) is 14.8. The van der Waals surface area contributed by atoms with Gasteiger partial charge in [-0.1, -0.05) is 18.2 Å². The molecule has 1 N–H and O–H groups in total. The molecule has 1 aliphatic heterocycles. The molecular formula is C23H22N2O5S. The van der Waals surface area contributed by atoms with Crippen molar-refractivity contribution in [1.29, 1.82) is 0 Å². The molecule has 2 heterocycles. The van der Waals surface area contributed by atoms with Crippen molar-refractivity contribution < 1.29 is 22.4 Å². The SMILES string of the molecule is Cc1cc(C)cc(NC(=O)CN2C(=O)CC(c3ccco3)S(=O)(=O)c3ccccc32)c1. The highest BCUT2D eigenvalue weighted by atomic mass is 32.2. The Kier molecular flexibility index (Phi) is 5.41. The third-order valence-corrected chi connectivity index (χ3v) is 7.27. The number of carbonyl (C=O) groups is 2. The molecular weight excluding hydrogens is 416 g/mol. The Morgan fingerprint density at radius 1 is 1.10 bits per heavy atom. The molecule has 1 atom stereocenters. The zero-order valence-corrected chi connectivity index (χ0v) is 18.0. The molecule has 0 saturated carbocycles. The van der Waals surface area contributed by atoms with Crippen LogP contribution in [0.15, 0.2) is 70.2 Å². The Bertz CT molecular complexity index is 1230. The molecule has 7 nitrogen and oxygen atoms in total. The second-order valence-corrected chi connectivity index (χ2v) is 9.72. The Balaban J connectivity index is 1.68. The van der Waals surface area contributed by atoms with Gasteiger partial charge in [0, 0.05) is 5.69 Å². The number of sulfone groups is 1. The van der Waals surface area contributed by atoms with Crippen molar-refractivity contribution in [1.82, 2.24) is 0 Å². The highest BCUT2D eigenvalue weighted by Crippen LogP contribution is 2.40. The van der Waals surface area contributed by atoms with Crippen molar-refractivity contribution >= 4 is 33.0 Å². The van der Waals surface area contributed by atoms with E-state index in [1.807, 2.05) is 32.0 Å². The quantitative estimate of drug-likeness (QED) is 0.669. The summed E-state index contributed by atoms with van der Waals surface area (Å²) < 4.78 is 32.0. The molecule has 8 heteroatoms. The lowest BCUT2D eigenvalue weighted by molar-refractivity contribution is -0.121. The molecule has 3 aromatic rings. The Morgan fingerprint density at radius 3 is 2.48 bits per heavy atom. The number of hydrogen-bond donors (Lipinski definition) is 1. The van der Waals surface area contributed by atoms with Crippen LogP contribution in [-0.4, -0.2) is 26.8 Å². The van der Waals surface area contributed by atoms with Crippen LogP contribution >= 0.6 is 0 Å². The number of rotatable bonds is 4. The number of hydrogen-bond acceptors (Lipinski definition) is 5. The predicted octanol–water partition coefficient (Wildman–Crippen LogP) is 3.79. The third-order valence-electron chi connectivity index (χ3n) is 5.17. The van der Waals surface area contributed by atoms with E-state index < -0.39 is 26.9 Å². The second-order valence-electron chi connectivity index (χ2n) is 7.63. The van der Waals surface area contributed by atoms with Crippen LogP contribution in [-0.2, 0) is 19.4 Å². The maximum Gasteiger partial charge on any atom is 0.244 e. The number of nitrogens with one attached hydrogen (secondary N) is 1. The van der Waals surface area contributed by atoms with E-state index in [4.69, 9.17) is 4.42 Å². The molecule has 0 fully saturated rings. The van der Waals surface area contributed by atoms with Gasteiger partial charge in [-0.3, -0.25) is 9.59 Å². The van der Waals surface area contributed by atoms with Crippen molar-refractivity contribution in [2.24, 2.45) is 0 Å². The summed E-state index contributed by atoms with van der Waals surface area (Å²) in [4.78, 5) is 27.1. The molecule has 0 bridgehead atoms. The van der Waals surface area contributed by atoms with Gasteiger partial charge in [0.1, 0.15) is 17.6 Å². The summed E-state index contributed by atoms with van der Waals surface area (Å²) in [5.41, 5.74) is 2.81. The van der Waals surface area contributed by atoms with Crippen LogP contribution in [0.1, 0.15) is 28.6 Å². The van der Waals surface area contributed by atoms with Gasteiger partial charge in [-0.05, 0) is 61.4 Å². The topological polar surface area (TPSA) is 96.7 Å². The Hall–Kier alpha value is -3.39. The average Bonchev–Trinajstić information content (AvgIpc) is 3.21. The lowest BCUT2D eigenvalue weighted by Crippen LogP contribution is -2.38. The van der Waals surface area contributed by atoms with Crippen LogP contribution in [0.2, 0.25) is 0 Å². The number of aryl methyl sites for hydroxylation is 2. The summed E-state index contributed by atoms with van der Waals surface area (Å²) in [6, 6.07) is 15.0. The van der Waals surface area contributed by atoms with E-state index in [0.717, 1.165) is 11.1 Å². The van der Waals surface area contributed by atoms with Crippen molar-refractivity contribution in [2.75, 3.05) is 16.8 Å². The van der Waals surface area contributed by atoms with E-state index in [1.165, 1.54) is 17.2 Å². The molecule has 2 amide bonds. The minimum atomic E-state index is -3.90. The summed E-state index contributed by atoms with van der Waals surface area (Å²) >= 11 is 0. The number of carbonyl (C=O) groups excluding carboxylic acids is 2. The van der Waals surface area contributed by atoms with E-state index in [1.54, 1.807) is 30.3 Å². The summed E-state index contributed by atoms with van der Waals surface area (Å²) in [6.07, 6.45) is 1.06. The number of fused-ring (bicyclic) bond motifs is 1. The number of amides is 2. The first kappa shape index (κ1) is 20.9. The summed E-state index contributed by atoms with van der Waals surface area (Å²) in [6.45, 7) is 3.55. The number of benzene rings is 2. The van der Waals surface area contributed by atoms with Crippen molar-refractivity contribution in [3.63, 3.8) is 0 Å². The van der Waals surface area contributed by atoms with Crippen molar-refractivity contribution in [3.8, 4) is 0 Å². The minimum absolute atomic E-state index is 0.00134. The molecule has 31 heavy (non-hydrogen) atoms. The number of anilines is 2. The zero-order chi connectivity index (χ0) is 22.2. The molecule has 160 valence electrons. The average molecular weight is 439 g/mol. The van der Waals surface area contributed by atoms with Gasteiger partial charge in [-0.25, -0.2) is 8.42 Å². The smallest absolute Gasteiger partial charge is 0.244 e. The molecule has 1 aromatic heterocycles. The van der Waals surface area contributed by atoms with E-state index >= 15 is 0 Å². The molecule has 2 aromatic carbocycles. The molecule has 0 radical (unpaired) electrons. The highest BCUT2D eigenvalue weighted by Gasteiger charge is 2.41. The molecule has 0 aliphatic carbocycles. The highest BCUT2D eigenvalue weighted by molar-refractivity contribution is 7.91. The van der Waals surface area contributed by atoms with Gasteiger partial charge < -0.3 is 14.6 Å². The zero-order valence-electron chi connectivity index (χ0n) is 17.2. The number of para-hydroxylation sites is 1. The fourth-order valence-corrected chi connectivity index (χ4v) is 5.73. The maximum absolute atomic E-state index is 13.3. The normalized spacial score (nSPS) is 17.7. The van der Waals surface area contributed by atoms with Gasteiger partial charge in [-0.15, -0.1) is 0 Å². The monoisotopic (exact) mass is 438 g/mol. The first-order valence-corrected chi connectivity index (χ1v) is 11.3. The van der Waals surface area contributed by atoms with Crippen LogP contribution in [0, 0.1) is 13.8 Å². The first-order valence-electron chi connectivity index (χ1n) is 9.80. The van der Waals surface area contributed by atoms with Gasteiger partial charge in [0.2, 0.25) is 11.8 Å². The fourth-order valence-electron chi connectivity index (χ4n) is 3.88. The van der Waals surface area contributed by atoms with E-state index in [-0.39, 0.29) is 29.3 Å². The molecule has 1 aliphatic rings. The molecule has 0 saturated heterocycles. The van der Waals surface area contributed by atoms with Gasteiger partial charge in [0.25, 0.3) is 0 Å². The largest absolute Gasteiger partial charge is 0.468 e. The third kappa shape index (κ3) is 4.11. The Morgan fingerprint density at radius 2 is 1.81 bits per heavy atom. The Labute approximate surface area is 180 Å². The standard InChI is InChI=1S/C23H22N2O5S/c1-15-10-16(2)12-17(11-15)24-22(26)14-25-18-6-3-4-8-20(18)31(28,29)21(13-23(25)27)19-7-5-9-30-19/h3-12,21H,13-14H2,1-2H3,(H,24,26). The number of furan rings is 1. The van der Waals surface area contributed by atoms with Crippen LogP contribution in [0.4, 0.5) is 11.4 Å². The van der Waals surface area contributed by atoms with Crippen LogP contribution in [0.3, 0.4) is 0 Å². The minimum Gasteiger partial charge on any atom is -0.468 e. The van der Waals surface area contributed by atoms with Crippen LogP contribution < -0.4 is 10.2 Å². The van der Waals surface area contributed by atoms with Gasteiger partial charge in [0.15, 0.2) is 9.84 Å². The van der Waals surface area contributed by atoms with E-state index in [0.29, 0.717) is 5.69 Å². The van der Waals surface area contributed by atoms with E-state index in [2.05, 4.69) is 5.32 Å². The van der Waals surface area contributed by atoms with E-state index in [9.17, 15) is 18.0 Å². The summed E-state index contributed by atoms with van der Waals surface area (Å²) in [7, 11) is -3.90. The fraction of sp³-hybridized carbons (Fsp3) is 0.217. The van der Waals surface area contributed by atoms with Gasteiger partial charge in [0.05, 0.1) is 23.3 Å². The van der Waals surface area contributed by atoms with Crippen molar-refractivity contribution in [2.45, 2.75) is 30.4 Å². The maximum atomic E-state index is 13.3. The van der Waals surface area contributed by atoms with Crippen molar-refractivity contribution in [3.05, 3.63) is 77.7 Å². The summed E-state index contributed by atoms with van der Waals surface area (Å²) in [5, 5.41) is 1.65. The molecule has 1 unspecified atom stereocenters.